The van der Waals surface area contributed by atoms with E-state index >= 15 is 0 Å². The van der Waals surface area contributed by atoms with Gasteiger partial charge in [-0.1, -0.05) is 38.1 Å². The summed E-state index contributed by atoms with van der Waals surface area (Å²) in [7, 11) is 0. The summed E-state index contributed by atoms with van der Waals surface area (Å²) in [5.74, 6) is -1.17. The summed E-state index contributed by atoms with van der Waals surface area (Å²) in [5.41, 5.74) is 1.92. The van der Waals surface area contributed by atoms with Crippen molar-refractivity contribution in [1.82, 2.24) is 5.32 Å². The number of carboxylic acid groups (broad SMARTS) is 1. The van der Waals surface area contributed by atoms with Gasteiger partial charge in [0.2, 0.25) is 5.91 Å². The normalized spacial score (nSPS) is 12.0. The molecule has 0 saturated heterocycles. The van der Waals surface area contributed by atoms with E-state index in [-0.39, 0.29) is 35.7 Å². The summed E-state index contributed by atoms with van der Waals surface area (Å²) in [6.07, 6.45) is 0.814. The highest BCUT2D eigenvalue weighted by Crippen LogP contribution is 2.12. The first-order chi connectivity index (χ1) is 11.8. The number of aromatic carboxylic acids is 1. The summed E-state index contributed by atoms with van der Waals surface area (Å²) in [4.78, 5) is 23.1. The molecular weight excluding hydrogens is 321 g/mol. The second kappa shape index (κ2) is 8.42. The maximum absolute atomic E-state index is 13.0. The predicted molar refractivity (Wildman–Crippen MR) is 94.0 cm³/mol. The summed E-state index contributed by atoms with van der Waals surface area (Å²) < 4.78 is 13.0. The van der Waals surface area contributed by atoms with Crippen molar-refractivity contribution >= 4 is 11.9 Å². The van der Waals surface area contributed by atoms with Gasteiger partial charge in [0.05, 0.1) is 12.0 Å². The lowest BCUT2D eigenvalue weighted by Gasteiger charge is -2.22. The summed E-state index contributed by atoms with van der Waals surface area (Å²) in [5, 5.41) is 11.9. The molecule has 0 aliphatic rings. The van der Waals surface area contributed by atoms with Crippen molar-refractivity contribution in [1.29, 1.82) is 0 Å². The Labute approximate surface area is 146 Å². The number of rotatable bonds is 7. The zero-order chi connectivity index (χ0) is 18.4. The third kappa shape index (κ3) is 5.71. The lowest BCUT2D eigenvalue weighted by molar-refractivity contribution is -0.121. The number of hydrogen-bond donors (Lipinski definition) is 2. The molecule has 1 amide bonds. The number of hydrogen-bond acceptors (Lipinski definition) is 2. The van der Waals surface area contributed by atoms with Gasteiger partial charge in [-0.3, -0.25) is 4.79 Å². The highest BCUT2D eigenvalue weighted by Gasteiger charge is 2.17. The van der Waals surface area contributed by atoms with Crippen LogP contribution in [-0.2, 0) is 17.6 Å². The Morgan fingerprint density at radius 3 is 2.08 bits per heavy atom. The number of carbonyl (C=O) groups excluding carboxylic acids is 1. The average Bonchev–Trinajstić information content (AvgIpc) is 2.56. The lowest BCUT2D eigenvalue weighted by Crippen LogP contribution is -2.40. The molecule has 1 unspecified atom stereocenters. The molecule has 0 heterocycles. The molecule has 0 fully saturated rings. The number of halogens is 1. The Morgan fingerprint density at radius 1 is 1.00 bits per heavy atom. The molecule has 0 radical (unpaired) electrons. The molecule has 0 aromatic heterocycles. The van der Waals surface area contributed by atoms with E-state index in [0.717, 1.165) is 11.1 Å². The molecule has 2 aromatic carbocycles. The van der Waals surface area contributed by atoms with Crippen LogP contribution in [0, 0.1) is 11.7 Å². The van der Waals surface area contributed by atoms with E-state index in [1.54, 1.807) is 24.3 Å². The molecule has 2 aromatic rings. The van der Waals surface area contributed by atoms with Gasteiger partial charge >= 0.3 is 5.97 Å². The van der Waals surface area contributed by atoms with E-state index < -0.39 is 5.97 Å². The minimum Gasteiger partial charge on any atom is -0.478 e. The van der Waals surface area contributed by atoms with Crippen molar-refractivity contribution in [2.24, 2.45) is 5.92 Å². The molecule has 25 heavy (non-hydrogen) atoms. The molecule has 132 valence electrons. The minimum absolute atomic E-state index is 0.0590. The largest absolute Gasteiger partial charge is 0.478 e. The fourth-order valence-electron chi connectivity index (χ4n) is 2.54. The van der Waals surface area contributed by atoms with Crippen molar-refractivity contribution in [3.05, 3.63) is 71.0 Å². The van der Waals surface area contributed by atoms with Gasteiger partial charge in [-0.25, -0.2) is 9.18 Å². The van der Waals surface area contributed by atoms with Gasteiger partial charge in [0.25, 0.3) is 0 Å². The van der Waals surface area contributed by atoms with Gasteiger partial charge in [-0.2, -0.15) is 0 Å². The van der Waals surface area contributed by atoms with Crippen LogP contribution in [0.3, 0.4) is 0 Å². The van der Waals surface area contributed by atoms with E-state index in [1.165, 1.54) is 24.3 Å². The Balaban J connectivity index is 1.97. The van der Waals surface area contributed by atoms with Gasteiger partial charge in [0, 0.05) is 6.04 Å². The molecule has 4 nitrogen and oxygen atoms in total. The standard InChI is InChI=1S/C20H22FNO3/c1-13(2)18(11-14-5-9-17(21)10-6-14)22-19(23)12-15-3-7-16(8-4-15)20(24)25/h3-10,13,18H,11-12H2,1-2H3,(H,22,23)(H,24,25). The first-order valence-corrected chi connectivity index (χ1v) is 8.21. The van der Waals surface area contributed by atoms with E-state index in [4.69, 9.17) is 5.11 Å². The van der Waals surface area contributed by atoms with E-state index in [9.17, 15) is 14.0 Å². The molecule has 2 rings (SSSR count). The third-order valence-corrected chi connectivity index (χ3v) is 4.09. The number of carbonyl (C=O) groups is 2. The fraction of sp³-hybridized carbons (Fsp3) is 0.300. The Hall–Kier alpha value is -2.69. The maximum atomic E-state index is 13.0. The highest BCUT2D eigenvalue weighted by molar-refractivity contribution is 5.87. The van der Waals surface area contributed by atoms with Gasteiger partial charge in [-0.15, -0.1) is 0 Å². The predicted octanol–water partition coefficient (Wildman–Crippen LogP) is 3.45. The molecule has 1 atom stereocenters. The molecule has 0 saturated carbocycles. The van der Waals surface area contributed by atoms with Crippen molar-refractivity contribution < 1.29 is 19.1 Å². The van der Waals surface area contributed by atoms with Crippen molar-refractivity contribution in [3.8, 4) is 0 Å². The number of benzene rings is 2. The highest BCUT2D eigenvalue weighted by atomic mass is 19.1. The molecule has 0 aliphatic carbocycles. The molecule has 0 spiro atoms. The smallest absolute Gasteiger partial charge is 0.335 e. The van der Waals surface area contributed by atoms with E-state index in [2.05, 4.69) is 5.32 Å². The SMILES string of the molecule is CC(C)C(Cc1ccc(F)cc1)NC(=O)Cc1ccc(C(=O)O)cc1. The first-order valence-electron chi connectivity index (χ1n) is 8.21. The zero-order valence-corrected chi connectivity index (χ0v) is 14.3. The fourth-order valence-corrected chi connectivity index (χ4v) is 2.54. The maximum Gasteiger partial charge on any atom is 0.335 e. The van der Waals surface area contributed by atoms with Crippen LogP contribution >= 0.6 is 0 Å². The van der Waals surface area contributed by atoms with Gasteiger partial charge < -0.3 is 10.4 Å². The molecule has 0 aliphatic heterocycles. The van der Waals surface area contributed by atoms with Crippen LogP contribution in [0.1, 0.15) is 35.3 Å². The van der Waals surface area contributed by atoms with Gasteiger partial charge in [0.1, 0.15) is 5.82 Å². The minimum atomic E-state index is -0.991. The van der Waals surface area contributed by atoms with Crippen molar-refractivity contribution in [2.45, 2.75) is 32.7 Å². The van der Waals surface area contributed by atoms with Crippen molar-refractivity contribution in [2.75, 3.05) is 0 Å². The molecular formula is C20H22FNO3. The van der Waals surface area contributed by atoms with E-state index in [0.29, 0.717) is 6.42 Å². The second-order valence-corrected chi connectivity index (χ2v) is 6.43. The lowest BCUT2D eigenvalue weighted by atomic mass is 9.96. The zero-order valence-electron chi connectivity index (χ0n) is 14.3. The topological polar surface area (TPSA) is 66.4 Å². The average molecular weight is 343 g/mol. The Bertz CT molecular complexity index is 724. The van der Waals surface area contributed by atoms with Gasteiger partial charge in [0.15, 0.2) is 0 Å². The van der Waals surface area contributed by atoms with Crippen molar-refractivity contribution in [3.63, 3.8) is 0 Å². The van der Waals surface area contributed by atoms with Crippen LogP contribution in [-0.4, -0.2) is 23.0 Å². The Kier molecular flexibility index (Phi) is 6.28. The van der Waals surface area contributed by atoms with E-state index in [1.807, 2.05) is 13.8 Å². The van der Waals surface area contributed by atoms with Crippen LogP contribution in [0.4, 0.5) is 4.39 Å². The van der Waals surface area contributed by atoms with Crippen LogP contribution in [0.25, 0.3) is 0 Å². The summed E-state index contributed by atoms with van der Waals surface area (Å²) in [6.45, 7) is 4.05. The van der Waals surface area contributed by atoms with Crippen LogP contribution in [0.5, 0.6) is 0 Å². The molecule has 0 bridgehead atoms. The summed E-state index contributed by atoms with van der Waals surface area (Å²) in [6, 6.07) is 12.5. The van der Waals surface area contributed by atoms with Crippen LogP contribution < -0.4 is 5.32 Å². The first kappa shape index (κ1) is 18.6. The number of nitrogens with one attached hydrogen (secondary N) is 1. The molecule has 2 N–H and O–H groups in total. The molecule has 5 heteroatoms. The second-order valence-electron chi connectivity index (χ2n) is 6.43. The third-order valence-electron chi connectivity index (χ3n) is 4.09. The quantitative estimate of drug-likeness (QED) is 0.809. The number of carboxylic acids is 1. The summed E-state index contributed by atoms with van der Waals surface area (Å²) >= 11 is 0. The van der Waals surface area contributed by atoms with Crippen LogP contribution in [0.15, 0.2) is 48.5 Å². The Morgan fingerprint density at radius 2 is 1.56 bits per heavy atom. The monoisotopic (exact) mass is 343 g/mol. The van der Waals surface area contributed by atoms with Gasteiger partial charge in [-0.05, 0) is 47.7 Å². The van der Waals surface area contributed by atoms with Crippen LogP contribution in [0.2, 0.25) is 0 Å². The number of amides is 1.